The number of alkyl halides is 3. The van der Waals surface area contributed by atoms with E-state index in [-0.39, 0.29) is 16.6 Å². The third kappa shape index (κ3) is 3.43. The Morgan fingerprint density at radius 3 is 2.58 bits per heavy atom. The maximum atomic E-state index is 12.8. The van der Waals surface area contributed by atoms with Crippen molar-refractivity contribution in [1.29, 1.82) is 0 Å². The number of anilines is 1. The van der Waals surface area contributed by atoms with Gasteiger partial charge in [-0.1, -0.05) is 17.7 Å². The van der Waals surface area contributed by atoms with Crippen molar-refractivity contribution < 1.29 is 18.0 Å². The number of nitrogens with zero attached hydrogens (tertiary/aromatic N) is 1. The molecule has 8 heteroatoms. The zero-order valence-electron chi connectivity index (χ0n) is 13.4. The van der Waals surface area contributed by atoms with Crippen molar-refractivity contribution in [2.75, 3.05) is 5.32 Å². The number of fused-ring (bicyclic) bond motifs is 1. The lowest BCUT2D eigenvalue weighted by Crippen LogP contribution is -2.23. The molecule has 0 aliphatic heterocycles. The van der Waals surface area contributed by atoms with Gasteiger partial charge in [-0.05, 0) is 36.4 Å². The second kappa shape index (κ2) is 6.49. The van der Waals surface area contributed by atoms with Crippen molar-refractivity contribution in [3.05, 3.63) is 75.0 Å². The molecule has 1 heterocycles. The number of hydrogen-bond donors (Lipinski definition) is 1. The van der Waals surface area contributed by atoms with E-state index >= 15 is 0 Å². The summed E-state index contributed by atoms with van der Waals surface area (Å²) in [6, 6.07) is 8.90. The van der Waals surface area contributed by atoms with E-state index in [9.17, 15) is 22.8 Å². The summed E-state index contributed by atoms with van der Waals surface area (Å²) in [6.07, 6.45) is -3.20. The van der Waals surface area contributed by atoms with Crippen LogP contribution in [0.4, 0.5) is 18.9 Å². The van der Waals surface area contributed by atoms with E-state index in [0.717, 1.165) is 12.1 Å². The summed E-state index contributed by atoms with van der Waals surface area (Å²) in [4.78, 5) is 25.0. The zero-order chi connectivity index (χ0) is 19.1. The molecular formula is C18H12ClF3N2O2. The second-order valence-electron chi connectivity index (χ2n) is 5.68. The summed E-state index contributed by atoms with van der Waals surface area (Å²) >= 11 is 5.91. The smallest absolute Gasteiger partial charge is 0.350 e. The number of aryl methyl sites for hydroxylation is 1. The van der Waals surface area contributed by atoms with Gasteiger partial charge >= 0.3 is 6.18 Å². The first-order valence-electron chi connectivity index (χ1n) is 7.44. The Bertz CT molecular complexity index is 1070. The molecule has 1 aromatic heterocycles. The minimum atomic E-state index is -4.53. The van der Waals surface area contributed by atoms with Crippen molar-refractivity contribution in [3.63, 3.8) is 0 Å². The van der Waals surface area contributed by atoms with Gasteiger partial charge in [-0.15, -0.1) is 0 Å². The highest BCUT2D eigenvalue weighted by atomic mass is 35.5. The second-order valence-corrected chi connectivity index (χ2v) is 6.11. The van der Waals surface area contributed by atoms with Crippen LogP contribution in [0.3, 0.4) is 0 Å². The van der Waals surface area contributed by atoms with Gasteiger partial charge in [0.05, 0.1) is 11.1 Å². The third-order valence-corrected chi connectivity index (χ3v) is 4.08. The molecule has 0 aliphatic carbocycles. The maximum absolute atomic E-state index is 12.8. The van der Waals surface area contributed by atoms with Crippen LogP contribution in [-0.2, 0) is 13.2 Å². The predicted octanol–water partition coefficient (Wildman–Crippen LogP) is 4.46. The first kappa shape index (κ1) is 18.0. The number of rotatable bonds is 2. The predicted molar refractivity (Wildman–Crippen MR) is 93.6 cm³/mol. The molecule has 3 rings (SSSR count). The van der Waals surface area contributed by atoms with Crippen molar-refractivity contribution >= 4 is 34.1 Å². The quantitative estimate of drug-likeness (QED) is 0.713. The molecule has 4 nitrogen and oxygen atoms in total. The highest BCUT2D eigenvalue weighted by Gasteiger charge is 2.30. The molecule has 0 fully saturated rings. The molecule has 0 saturated heterocycles. The molecule has 0 aliphatic rings. The fourth-order valence-corrected chi connectivity index (χ4v) is 2.77. The third-order valence-electron chi connectivity index (χ3n) is 3.84. The molecule has 0 saturated carbocycles. The van der Waals surface area contributed by atoms with Gasteiger partial charge in [0, 0.05) is 29.3 Å². The highest BCUT2D eigenvalue weighted by Crippen LogP contribution is 2.30. The number of hydrogen-bond acceptors (Lipinski definition) is 2. The number of amides is 1. The Labute approximate surface area is 150 Å². The Morgan fingerprint density at radius 2 is 1.88 bits per heavy atom. The summed E-state index contributed by atoms with van der Waals surface area (Å²) in [5, 5.41) is 2.92. The lowest BCUT2D eigenvalue weighted by Gasteiger charge is -2.11. The average molecular weight is 381 g/mol. The van der Waals surface area contributed by atoms with E-state index in [2.05, 4.69) is 5.32 Å². The SMILES string of the molecule is Cn1cc(C(=O)Nc2cccc(C(F)(F)F)c2)c(=O)c2cc(Cl)ccc21. The number of carbonyl (C=O) groups is 1. The van der Waals surface area contributed by atoms with Crippen LogP contribution in [0.1, 0.15) is 15.9 Å². The molecule has 3 aromatic rings. The molecule has 0 unspecified atom stereocenters. The summed E-state index contributed by atoms with van der Waals surface area (Å²) < 4.78 is 39.9. The Balaban J connectivity index is 2.01. The standard InChI is InChI=1S/C18H12ClF3N2O2/c1-24-9-14(16(25)13-8-11(19)5-6-15(13)24)17(26)23-12-4-2-3-10(7-12)18(20,21)22/h2-9H,1H3,(H,23,26). The van der Waals surface area contributed by atoms with Crippen molar-refractivity contribution in [2.45, 2.75) is 6.18 Å². The van der Waals surface area contributed by atoms with Crippen LogP contribution >= 0.6 is 11.6 Å². The average Bonchev–Trinajstić information content (AvgIpc) is 2.57. The van der Waals surface area contributed by atoms with Gasteiger partial charge in [-0.25, -0.2) is 0 Å². The van der Waals surface area contributed by atoms with Gasteiger partial charge in [0.25, 0.3) is 5.91 Å². The number of halogens is 4. The van der Waals surface area contributed by atoms with E-state index < -0.39 is 23.1 Å². The monoisotopic (exact) mass is 380 g/mol. The van der Waals surface area contributed by atoms with E-state index in [1.165, 1.54) is 24.4 Å². The van der Waals surface area contributed by atoms with Crippen LogP contribution in [0.25, 0.3) is 10.9 Å². The maximum Gasteiger partial charge on any atom is 0.416 e. The largest absolute Gasteiger partial charge is 0.416 e. The molecule has 0 radical (unpaired) electrons. The Morgan fingerprint density at radius 1 is 1.15 bits per heavy atom. The Hall–Kier alpha value is -2.80. The number of carbonyl (C=O) groups excluding carboxylic acids is 1. The summed E-state index contributed by atoms with van der Waals surface area (Å²) in [5.74, 6) is -0.799. The molecule has 26 heavy (non-hydrogen) atoms. The number of aromatic nitrogens is 1. The van der Waals surface area contributed by atoms with Crippen LogP contribution < -0.4 is 10.7 Å². The molecule has 0 spiro atoms. The van der Waals surface area contributed by atoms with Crippen molar-refractivity contribution in [2.24, 2.45) is 7.05 Å². The van der Waals surface area contributed by atoms with Crippen LogP contribution in [0.2, 0.25) is 5.02 Å². The lowest BCUT2D eigenvalue weighted by atomic mass is 10.1. The van der Waals surface area contributed by atoms with Crippen LogP contribution in [-0.4, -0.2) is 10.5 Å². The molecule has 134 valence electrons. The van der Waals surface area contributed by atoms with Crippen molar-refractivity contribution in [1.82, 2.24) is 4.57 Å². The normalized spacial score (nSPS) is 11.6. The summed E-state index contributed by atoms with van der Waals surface area (Å²) in [6.45, 7) is 0. The van der Waals surface area contributed by atoms with Crippen molar-refractivity contribution in [3.8, 4) is 0 Å². The lowest BCUT2D eigenvalue weighted by molar-refractivity contribution is -0.137. The topological polar surface area (TPSA) is 51.1 Å². The van der Waals surface area contributed by atoms with Crippen LogP contribution in [0.15, 0.2) is 53.5 Å². The first-order chi connectivity index (χ1) is 12.2. The number of nitrogens with one attached hydrogen (secondary N) is 1. The summed E-state index contributed by atoms with van der Waals surface area (Å²) in [7, 11) is 1.65. The fraction of sp³-hybridized carbons (Fsp3) is 0.111. The molecule has 1 N–H and O–H groups in total. The molecular weight excluding hydrogens is 369 g/mol. The van der Waals surface area contributed by atoms with E-state index in [0.29, 0.717) is 10.5 Å². The van der Waals surface area contributed by atoms with E-state index in [1.807, 2.05) is 0 Å². The van der Waals surface area contributed by atoms with E-state index in [1.54, 1.807) is 23.7 Å². The van der Waals surface area contributed by atoms with Crippen LogP contribution in [0, 0.1) is 0 Å². The highest BCUT2D eigenvalue weighted by molar-refractivity contribution is 6.31. The van der Waals surface area contributed by atoms with Gasteiger partial charge in [-0.2, -0.15) is 13.2 Å². The van der Waals surface area contributed by atoms with Gasteiger partial charge in [0.2, 0.25) is 5.43 Å². The molecule has 2 aromatic carbocycles. The first-order valence-corrected chi connectivity index (χ1v) is 7.82. The molecule has 0 atom stereocenters. The summed E-state index contributed by atoms with van der Waals surface area (Å²) in [5.41, 5.74) is -1.12. The number of pyridine rings is 1. The fourth-order valence-electron chi connectivity index (χ4n) is 2.60. The molecule has 1 amide bonds. The Kier molecular flexibility index (Phi) is 4.50. The van der Waals surface area contributed by atoms with Gasteiger partial charge < -0.3 is 9.88 Å². The van der Waals surface area contributed by atoms with Crippen LogP contribution in [0.5, 0.6) is 0 Å². The van der Waals surface area contributed by atoms with Gasteiger partial charge in [-0.3, -0.25) is 9.59 Å². The molecule has 0 bridgehead atoms. The number of benzene rings is 2. The zero-order valence-corrected chi connectivity index (χ0v) is 14.2. The van der Waals surface area contributed by atoms with Gasteiger partial charge in [0.1, 0.15) is 5.56 Å². The van der Waals surface area contributed by atoms with Gasteiger partial charge in [0.15, 0.2) is 0 Å². The minimum absolute atomic E-state index is 0.0573. The van der Waals surface area contributed by atoms with E-state index in [4.69, 9.17) is 11.6 Å². The minimum Gasteiger partial charge on any atom is -0.350 e.